The lowest BCUT2D eigenvalue weighted by molar-refractivity contribution is -0.0718. The van der Waals surface area contributed by atoms with E-state index in [4.69, 9.17) is 48.5 Å². The number of hydrogen-bond acceptors (Lipinski definition) is 18. The first-order valence-corrected chi connectivity index (χ1v) is 18.1. The molecule has 0 spiro atoms. The number of nitrogens with two attached hydrogens (primary N) is 2. The van der Waals surface area contributed by atoms with Gasteiger partial charge in [-0.3, -0.25) is 46.8 Å². The molecule has 0 aromatic carbocycles. The number of nitrogen functional groups attached to an aromatic ring is 2. The van der Waals surface area contributed by atoms with Crippen molar-refractivity contribution >= 4 is 49.9 Å². The van der Waals surface area contributed by atoms with Gasteiger partial charge in [0.05, 0.1) is 25.9 Å². The lowest BCUT2D eigenvalue weighted by Gasteiger charge is -2.29. The van der Waals surface area contributed by atoms with Gasteiger partial charge in [0.25, 0.3) is 11.1 Å². The lowest BCUT2D eigenvalue weighted by Crippen LogP contribution is -2.40. The van der Waals surface area contributed by atoms with Crippen molar-refractivity contribution in [2.24, 2.45) is 0 Å². The summed E-state index contributed by atoms with van der Waals surface area (Å²) in [5.41, 5.74) is 10.0. The standard InChI is InChI=1S/C24H32N10O14P2/c1-3-41-15-13-9(45-21(15)33-7-27-11-17(33)29-23(25)31-19(11)35)5-43-50(39,40)48-14-10(6-44-49(37,38)47-13)46-22(16(14)42-4-2)34-8-28-12-18(34)30-24(26)32-20(12)36/h7-10,13-16,21-22H,3-6H2,1-2H3,(H,37,38)(H,39,40)(H3,25,29,31,35)(H3,26,30,32,36)/t9-,10-,13-,14-,15-,16-,21-,22-/m1/s1. The molecule has 4 aromatic heterocycles. The number of anilines is 2. The highest BCUT2D eigenvalue weighted by Gasteiger charge is 2.55. The van der Waals surface area contributed by atoms with Gasteiger partial charge < -0.3 is 40.2 Å². The molecule has 24 nitrogen and oxygen atoms in total. The molecule has 10 atom stereocenters. The monoisotopic (exact) mass is 746 g/mol. The molecular weight excluding hydrogens is 714 g/mol. The molecule has 3 saturated heterocycles. The van der Waals surface area contributed by atoms with Gasteiger partial charge >= 0.3 is 15.6 Å². The molecule has 7 heterocycles. The summed E-state index contributed by atoms with van der Waals surface area (Å²) in [7, 11) is -10.0. The van der Waals surface area contributed by atoms with E-state index in [2.05, 4.69) is 29.9 Å². The predicted molar refractivity (Wildman–Crippen MR) is 165 cm³/mol. The van der Waals surface area contributed by atoms with Gasteiger partial charge in [-0.2, -0.15) is 9.97 Å². The minimum Gasteiger partial charge on any atom is -0.371 e. The Morgan fingerprint density at radius 1 is 0.800 bits per heavy atom. The Labute approximate surface area is 279 Å². The molecule has 0 radical (unpaired) electrons. The first kappa shape index (κ1) is 34.8. The van der Waals surface area contributed by atoms with Gasteiger partial charge in [0, 0.05) is 13.2 Å². The smallest absolute Gasteiger partial charge is 0.371 e. The van der Waals surface area contributed by atoms with E-state index in [1.807, 2.05) is 0 Å². The number of hydrogen-bond donors (Lipinski definition) is 6. The number of phosphoric ester groups is 2. The predicted octanol–water partition coefficient (Wildman–Crippen LogP) is -0.960. The molecule has 0 saturated carbocycles. The number of imidazole rings is 2. The van der Waals surface area contributed by atoms with E-state index in [9.17, 15) is 28.5 Å². The summed E-state index contributed by atoms with van der Waals surface area (Å²) < 4.78 is 75.4. The van der Waals surface area contributed by atoms with Crippen molar-refractivity contribution in [2.45, 2.75) is 62.9 Å². The number of fused-ring (bicyclic) bond motifs is 4. The molecule has 3 fully saturated rings. The Morgan fingerprint density at radius 2 is 1.20 bits per heavy atom. The highest BCUT2D eigenvalue weighted by Crippen LogP contribution is 2.54. The quantitative estimate of drug-likeness (QED) is 0.129. The summed E-state index contributed by atoms with van der Waals surface area (Å²) in [6.45, 7) is 1.90. The molecule has 8 N–H and O–H groups in total. The number of aromatic nitrogens is 8. The molecule has 50 heavy (non-hydrogen) atoms. The first-order valence-electron chi connectivity index (χ1n) is 15.1. The lowest BCUT2D eigenvalue weighted by atomic mass is 10.1. The van der Waals surface area contributed by atoms with Crippen LogP contribution in [0.3, 0.4) is 0 Å². The van der Waals surface area contributed by atoms with Crippen molar-refractivity contribution in [2.75, 3.05) is 37.9 Å². The van der Waals surface area contributed by atoms with Gasteiger partial charge in [0.15, 0.2) is 34.8 Å². The summed E-state index contributed by atoms with van der Waals surface area (Å²) in [6.07, 6.45) is -8.08. The molecule has 3 aliphatic rings. The third-order valence-electron chi connectivity index (χ3n) is 8.05. The van der Waals surface area contributed by atoms with Crippen LogP contribution in [0.2, 0.25) is 0 Å². The number of aromatic amines is 2. The van der Waals surface area contributed by atoms with Gasteiger partial charge in [0.1, 0.15) is 36.6 Å². The molecular formula is C24H32N10O14P2. The van der Waals surface area contributed by atoms with Crippen LogP contribution in [0.15, 0.2) is 22.2 Å². The molecule has 0 aliphatic carbocycles. The fourth-order valence-corrected chi connectivity index (χ4v) is 8.01. The molecule has 272 valence electrons. The SMILES string of the molecule is CCO[C@@H]1[C@@H]2OP(=O)(O)OC[C@H]3O[C@@H](n4cnc5c(=O)[nH]c(N)nc54)[C@H](OCC)[C@@H]3OP(=O)(O)OC[C@H]2O[C@H]1n1cnc2c(=O)[nH]c(N)nc21. The molecule has 0 amide bonds. The van der Waals surface area contributed by atoms with Gasteiger partial charge in [-0.25, -0.2) is 19.1 Å². The second-order valence-corrected chi connectivity index (χ2v) is 14.0. The Bertz CT molecular complexity index is 1970. The second-order valence-electron chi connectivity index (χ2n) is 11.2. The molecule has 4 aromatic rings. The molecule has 26 heteroatoms. The number of nitrogens with one attached hydrogen (secondary N) is 2. The number of rotatable bonds is 6. The number of ether oxygens (including phenoxy) is 4. The maximum absolute atomic E-state index is 13.5. The van der Waals surface area contributed by atoms with Crippen LogP contribution in [-0.4, -0.2) is 112 Å². The van der Waals surface area contributed by atoms with Gasteiger partial charge in [-0.05, 0) is 13.8 Å². The van der Waals surface area contributed by atoms with Crippen molar-refractivity contribution in [1.29, 1.82) is 0 Å². The molecule has 0 bridgehead atoms. The van der Waals surface area contributed by atoms with Gasteiger partial charge in [0.2, 0.25) is 11.9 Å². The average Bonchev–Trinajstić information content (AvgIpc) is 3.80. The van der Waals surface area contributed by atoms with E-state index >= 15 is 0 Å². The van der Waals surface area contributed by atoms with Crippen LogP contribution in [0.25, 0.3) is 22.3 Å². The van der Waals surface area contributed by atoms with Crippen molar-refractivity contribution < 1.29 is 56.0 Å². The Hall–Kier alpha value is -3.64. The summed E-state index contributed by atoms with van der Waals surface area (Å²) in [5.74, 6) is -0.438. The van der Waals surface area contributed by atoms with E-state index in [0.29, 0.717) is 0 Å². The fraction of sp³-hybridized carbons (Fsp3) is 0.583. The number of phosphoric acid groups is 2. The van der Waals surface area contributed by atoms with Crippen molar-refractivity contribution in [3.05, 3.63) is 33.4 Å². The molecule has 7 rings (SSSR count). The van der Waals surface area contributed by atoms with Crippen LogP contribution >= 0.6 is 15.6 Å². The normalized spacial score (nSPS) is 35.1. The van der Waals surface area contributed by atoms with E-state index in [0.717, 1.165) is 0 Å². The highest BCUT2D eigenvalue weighted by molar-refractivity contribution is 7.47. The van der Waals surface area contributed by atoms with E-state index < -0.39 is 89.1 Å². The first-order chi connectivity index (χ1) is 23.8. The minimum absolute atomic E-state index is 0.00607. The minimum atomic E-state index is -5.02. The van der Waals surface area contributed by atoms with E-state index in [1.54, 1.807) is 13.8 Å². The van der Waals surface area contributed by atoms with Crippen LogP contribution < -0.4 is 22.6 Å². The summed E-state index contributed by atoms with van der Waals surface area (Å²) >= 11 is 0. The van der Waals surface area contributed by atoms with Crippen LogP contribution in [0.1, 0.15) is 26.3 Å². The Morgan fingerprint density at radius 3 is 1.58 bits per heavy atom. The Kier molecular flexibility index (Phi) is 9.16. The van der Waals surface area contributed by atoms with Crippen LogP contribution in [0, 0.1) is 0 Å². The largest absolute Gasteiger partial charge is 0.472 e. The summed E-state index contributed by atoms with van der Waals surface area (Å²) in [4.78, 5) is 67.8. The van der Waals surface area contributed by atoms with Crippen LogP contribution in [0.5, 0.6) is 0 Å². The average molecular weight is 747 g/mol. The topological polar surface area (TPSA) is 328 Å². The van der Waals surface area contributed by atoms with Crippen LogP contribution in [0.4, 0.5) is 11.9 Å². The Balaban J connectivity index is 1.22. The van der Waals surface area contributed by atoms with Gasteiger partial charge in [-0.15, -0.1) is 0 Å². The van der Waals surface area contributed by atoms with Crippen molar-refractivity contribution in [3.8, 4) is 0 Å². The zero-order valence-electron chi connectivity index (χ0n) is 26.1. The van der Waals surface area contributed by atoms with Gasteiger partial charge in [-0.1, -0.05) is 0 Å². The fourth-order valence-electron chi connectivity index (χ4n) is 6.09. The molecule has 3 aliphatic heterocycles. The van der Waals surface area contributed by atoms with E-state index in [1.165, 1.54) is 21.8 Å². The number of H-pyrrole nitrogens is 2. The maximum Gasteiger partial charge on any atom is 0.472 e. The van der Waals surface area contributed by atoms with Crippen molar-refractivity contribution in [3.63, 3.8) is 0 Å². The van der Waals surface area contributed by atoms with E-state index in [-0.39, 0.29) is 47.4 Å². The molecule has 2 unspecified atom stereocenters. The number of nitrogens with zero attached hydrogens (tertiary/aromatic N) is 6. The zero-order valence-corrected chi connectivity index (χ0v) is 27.9. The maximum atomic E-state index is 13.5. The highest BCUT2D eigenvalue weighted by atomic mass is 31.2. The van der Waals surface area contributed by atoms with Crippen LogP contribution in [-0.2, 0) is 46.2 Å². The third-order valence-corrected chi connectivity index (χ3v) is 10.0. The summed E-state index contributed by atoms with van der Waals surface area (Å²) in [5, 5.41) is 0. The van der Waals surface area contributed by atoms with Crippen molar-refractivity contribution in [1.82, 2.24) is 39.0 Å². The second kappa shape index (κ2) is 13.2. The zero-order chi connectivity index (χ0) is 35.5. The third kappa shape index (κ3) is 6.38. The summed E-state index contributed by atoms with van der Waals surface area (Å²) in [6, 6.07) is 0.